The van der Waals surface area contributed by atoms with E-state index in [2.05, 4.69) is 80.1 Å². The van der Waals surface area contributed by atoms with Crippen molar-refractivity contribution in [1.82, 2.24) is 0 Å². The lowest BCUT2D eigenvalue weighted by molar-refractivity contribution is 0.464. The molecule has 4 heteroatoms. The van der Waals surface area contributed by atoms with Gasteiger partial charge in [0, 0.05) is 30.1 Å². The second-order valence-corrected chi connectivity index (χ2v) is 45.4. The van der Waals surface area contributed by atoms with Crippen molar-refractivity contribution < 1.29 is 0 Å². The third-order valence-electron chi connectivity index (χ3n) is 5.18. The molecule has 0 atom stereocenters. The lowest BCUT2D eigenvalue weighted by atomic mass is 9.99. The van der Waals surface area contributed by atoms with Gasteiger partial charge in [0.2, 0.25) is 0 Å². The van der Waals surface area contributed by atoms with Crippen LogP contribution in [0, 0.1) is 5.92 Å². The molecule has 0 aromatic carbocycles. The Labute approximate surface area is 121 Å². The monoisotopic (exact) mass is 317 g/mol. The van der Waals surface area contributed by atoms with E-state index in [1.54, 1.807) is 0 Å². The molecular formula is C14H37Si4. The van der Waals surface area contributed by atoms with E-state index >= 15 is 0 Å². The molecule has 0 heterocycles. The van der Waals surface area contributed by atoms with Gasteiger partial charge in [-0.05, 0) is 11.0 Å². The normalized spacial score (nSPS) is 15.7. The Morgan fingerprint density at radius 2 is 1.00 bits per heavy atom. The van der Waals surface area contributed by atoms with Crippen LogP contribution in [0.3, 0.4) is 0 Å². The zero-order valence-corrected chi connectivity index (χ0v) is 19.1. The first-order valence-corrected chi connectivity index (χ1v) is 21.9. The summed E-state index contributed by atoms with van der Waals surface area (Å²) in [5.74, 6) is 0.826. The molecule has 0 spiro atoms. The average molecular weight is 318 g/mol. The van der Waals surface area contributed by atoms with Gasteiger partial charge in [0.1, 0.15) is 0 Å². The van der Waals surface area contributed by atoms with E-state index in [4.69, 9.17) is 0 Å². The Balaban J connectivity index is 5.79. The van der Waals surface area contributed by atoms with Crippen molar-refractivity contribution >= 4 is 30.1 Å². The van der Waals surface area contributed by atoms with Crippen LogP contribution in [0.4, 0.5) is 0 Å². The fourth-order valence-electron chi connectivity index (χ4n) is 4.04. The summed E-state index contributed by atoms with van der Waals surface area (Å²) in [6, 6.07) is 0. The van der Waals surface area contributed by atoms with Crippen molar-refractivity contribution in [2.24, 2.45) is 5.92 Å². The van der Waals surface area contributed by atoms with Crippen LogP contribution < -0.4 is 0 Å². The zero-order valence-electron chi connectivity index (χ0n) is 15.1. The Morgan fingerprint density at radius 3 is 1.17 bits per heavy atom. The van der Waals surface area contributed by atoms with E-state index in [-0.39, 0.29) is 7.35 Å². The van der Waals surface area contributed by atoms with Gasteiger partial charge in [-0.25, -0.2) is 0 Å². The molecule has 0 aromatic rings. The van der Waals surface area contributed by atoms with Crippen LogP contribution in [0.15, 0.2) is 0 Å². The van der Waals surface area contributed by atoms with E-state index in [1.807, 2.05) is 0 Å². The topological polar surface area (TPSA) is 0 Å². The Hall–Kier alpha value is 0.868. The van der Waals surface area contributed by atoms with Gasteiger partial charge in [0.05, 0.1) is 0 Å². The molecule has 0 aromatic heterocycles. The molecule has 0 fully saturated rings. The van der Waals surface area contributed by atoms with E-state index in [0.29, 0.717) is 5.04 Å². The molecule has 0 unspecified atom stereocenters. The largest absolute Gasteiger partial charge is 0.0721 e. The van der Waals surface area contributed by atoms with Crippen LogP contribution in [-0.4, -0.2) is 30.1 Å². The smallest absolute Gasteiger partial charge is 0.0397 e. The van der Waals surface area contributed by atoms with Crippen LogP contribution in [-0.2, 0) is 0 Å². The van der Waals surface area contributed by atoms with E-state index in [0.717, 1.165) is 5.92 Å². The van der Waals surface area contributed by atoms with E-state index in [1.165, 1.54) is 0 Å². The molecule has 0 aliphatic rings. The minimum Gasteiger partial charge on any atom is -0.0721 e. The molecule has 0 nitrogen and oxygen atoms in total. The van der Waals surface area contributed by atoms with Gasteiger partial charge in [-0.3, -0.25) is 0 Å². The molecule has 0 aliphatic heterocycles. The minimum absolute atomic E-state index is 0.137. The van der Waals surface area contributed by atoms with Gasteiger partial charge >= 0.3 is 0 Å². The van der Waals surface area contributed by atoms with Crippen molar-refractivity contribution in [2.75, 3.05) is 0 Å². The average Bonchev–Trinajstić information content (AvgIpc) is 1.95. The van der Waals surface area contributed by atoms with Gasteiger partial charge in [0.15, 0.2) is 0 Å². The van der Waals surface area contributed by atoms with Gasteiger partial charge in [0.25, 0.3) is 0 Å². The van der Waals surface area contributed by atoms with Crippen molar-refractivity contribution in [3.63, 3.8) is 0 Å². The summed E-state index contributed by atoms with van der Waals surface area (Å²) < 4.78 is 0. The summed E-state index contributed by atoms with van der Waals surface area (Å²) >= 11 is 0. The lowest BCUT2D eigenvalue weighted by Crippen LogP contribution is -2.74. The van der Waals surface area contributed by atoms with Gasteiger partial charge in [-0.2, -0.15) is 0 Å². The van der Waals surface area contributed by atoms with E-state index < -0.39 is 22.8 Å². The predicted molar refractivity (Wildman–Crippen MR) is 98.8 cm³/mol. The third-order valence-corrected chi connectivity index (χ3v) is 66.2. The van der Waals surface area contributed by atoms with Crippen molar-refractivity contribution in [3.8, 4) is 0 Å². The Kier molecular flexibility index (Phi) is 5.59. The maximum atomic E-state index is 2.73. The highest BCUT2D eigenvalue weighted by Gasteiger charge is 2.55. The van der Waals surface area contributed by atoms with Crippen LogP contribution in [0.1, 0.15) is 27.7 Å². The molecule has 0 saturated carbocycles. The molecule has 0 bridgehead atoms. The first-order valence-electron chi connectivity index (χ1n) is 7.44. The highest BCUT2D eigenvalue weighted by Crippen LogP contribution is 2.48. The summed E-state index contributed by atoms with van der Waals surface area (Å²) in [5.41, 5.74) is 0. The van der Waals surface area contributed by atoms with E-state index in [9.17, 15) is 0 Å². The maximum absolute atomic E-state index is 2.73. The standard InChI is InChI=1S/C14H37Si4/c1-13(2)14(3,4)18(11,12)15(16(5,6)7)17(8,9)10/h13H,1-12H3. The van der Waals surface area contributed by atoms with Crippen molar-refractivity contribution in [1.29, 1.82) is 0 Å². The molecule has 0 amide bonds. The minimum atomic E-state index is -1.17. The van der Waals surface area contributed by atoms with Crippen LogP contribution in [0.2, 0.25) is 57.4 Å². The van der Waals surface area contributed by atoms with Gasteiger partial charge in [-0.15, -0.1) is 0 Å². The lowest BCUT2D eigenvalue weighted by Gasteiger charge is -2.55. The van der Waals surface area contributed by atoms with Crippen molar-refractivity contribution in [3.05, 3.63) is 0 Å². The predicted octanol–water partition coefficient (Wildman–Crippen LogP) is 5.54. The van der Waals surface area contributed by atoms with Gasteiger partial charge < -0.3 is 0 Å². The summed E-state index contributed by atoms with van der Waals surface area (Å²) in [6.45, 7) is 31.5. The fraction of sp³-hybridized carbons (Fsp3) is 1.00. The zero-order chi connectivity index (χ0) is 15.2. The first-order chi connectivity index (χ1) is 7.56. The molecule has 109 valence electrons. The molecule has 18 heavy (non-hydrogen) atoms. The highest BCUT2D eigenvalue weighted by atomic mass is 29.9. The van der Waals surface area contributed by atoms with Crippen LogP contribution >= 0.6 is 0 Å². The molecule has 0 N–H and O–H groups in total. The summed E-state index contributed by atoms with van der Waals surface area (Å²) in [6.07, 6.45) is 0. The maximum Gasteiger partial charge on any atom is 0.0397 e. The first kappa shape index (κ1) is 18.9. The van der Waals surface area contributed by atoms with Gasteiger partial charge in [-0.1, -0.05) is 80.1 Å². The van der Waals surface area contributed by atoms with Crippen LogP contribution in [0.5, 0.6) is 0 Å². The molecular weight excluding hydrogens is 280 g/mol. The summed E-state index contributed by atoms with van der Waals surface area (Å²) in [7, 11) is -3.28. The number of hydrogen-bond donors (Lipinski definition) is 0. The third kappa shape index (κ3) is 3.70. The Morgan fingerprint density at radius 1 is 0.722 bits per heavy atom. The highest BCUT2D eigenvalue weighted by molar-refractivity contribution is 7.81. The second kappa shape index (κ2) is 5.34. The number of hydrogen-bond acceptors (Lipinski definition) is 0. The SMILES string of the molecule is CC(C)C(C)(C)[Si](C)(C)[Si]([Si](C)(C)C)[Si](C)(C)C. The number of rotatable bonds is 5. The van der Waals surface area contributed by atoms with Crippen molar-refractivity contribution in [2.45, 2.75) is 85.1 Å². The quantitative estimate of drug-likeness (QED) is 0.584. The molecule has 0 saturated heterocycles. The fourth-order valence-corrected chi connectivity index (χ4v) is 92.7. The van der Waals surface area contributed by atoms with Crippen LogP contribution in [0.25, 0.3) is 0 Å². The summed E-state index contributed by atoms with van der Waals surface area (Å²) in [5, 5.41) is 0.585. The molecule has 0 aliphatic carbocycles. The summed E-state index contributed by atoms with van der Waals surface area (Å²) in [4.78, 5) is 0. The Bertz CT molecular complexity index is 265. The molecule has 1 radical (unpaired) electrons. The molecule has 0 rings (SSSR count). The second-order valence-electron chi connectivity index (χ2n) is 9.38.